The molecule has 0 fully saturated rings. The summed E-state index contributed by atoms with van der Waals surface area (Å²) in [5, 5.41) is 12.6. The minimum absolute atomic E-state index is 0.0192. The molecule has 68 valence electrons. The highest BCUT2D eigenvalue weighted by Crippen LogP contribution is 2.25. The van der Waals surface area contributed by atoms with E-state index in [1.165, 1.54) is 7.11 Å². The van der Waals surface area contributed by atoms with Gasteiger partial charge in [-0.25, -0.2) is 0 Å². The minimum Gasteiger partial charge on any atom is -0.479 e. The molecule has 1 rings (SSSR count). The molecule has 0 unspecified atom stereocenters. The third-order valence-corrected chi connectivity index (χ3v) is 1.76. The lowest BCUT2D eigenvalue weighted by Gasteiger charge is -2.16. The number of aliphatic hydroxyl groups is 1. The number of aliphatic hydroxyl groups excluding tert-OH is 1. The number of hydrogen-bond acceptors (Lipinski definition) is 4. The second-order valence-electron chi connectivity index (χ2n) is 3.28. The Morgan fingerprint density at radius 2 is 2.33 bits per heavy atom. The maximum Gasteiger partial charge on any atom is 0.254 e. The first-order chi connectivity index (χ1) is 5.60. The number of ether oxygens (including phenoxy) is 1. The molecule has 0 radical (unpaired) electrons. The van der Waals surface area contributed by atoms with Gasteiger partial charge in [-0.1, -0.05) is 13.8 Å². The van der Waals surface area contributed by atoms with Crippen molar-refractivity contribution in [1.29, 1.82) is 0 Å². The van der Waals surface area contributed by atoms with Crippen LogP contribution in [-0.4, -0.2) is 24.0 Å². The zero-order chi connectivity index (χ0) is 9.19. The molecule has 0 saturated carbocycles. The van der Waals surface area contributed by atoms with Crippen LogP contribution in [-0.2, 0) is 5.41 Å². The maximum atomic E-state index is 9.00. The van der Waals surface area contributed by atoms with Gasteiger partial charge in [0, 0.05) is 11.5 Å². The molecule has 0 aliphatic rings. The van der Waals surface area contributed by atoms with Crippen LogP contribution in [0.4, 0.5) is 0 Å². The Labute approximate surface area is 71.1 Å². The van der Waals surface area contributed by atoms with Crippen LogP contribution < -0.4 is 4.74 Å². The van der Waals surface area contributed by atoms with Gasteiger partial charge in [-0.15, -0.1) is 0 Å². The van der Waals surface area contributed by atoms with Crippen LogP contribution in [0.2, 0.25) is 0 Å². The number of hydrogen-bond donors (Lipinski definition) is 1. The molecule has 0 saturated heterocycles. The van der Waals surface area contributed by atoms with Gasteiger partial charge in [-0.2, -0.15) is 0 Å². The summed E-state index contributed by atoms with van der Waals surface area (Å²) < 4.78 is 9.82. The third-order valence-electron chi connectivity index (χ3n) is 1.76. The van der Waals surface area contributed by atoms with Gasteiger partial charge in [0.25, 0.3) is 5.88 Å². The molecule has 1 heterocycles. The third kappa shape index (κ3) is 1.58. The summed E-state index contributed by atoms with van der Waals surface area (Å²) in [5.41, 5.74) is -0.399. The average Bonchev–Trinajstić information content (AvgIpc) is 2.52. The Balaban J connectivity index is 2.88. The Kier molecular flexibility index (Phi) is 2.38. The zero-order valence-electron chi connectivity index (χ0n) is 7.50. The molecule has 1 aromatic rings. The largest absolute Gasteiger partial charge is 0.479 e. The SMILES string of the molecule is COc1cc(C(C)(C)CO)on1. The highest BCUT2D eigenvalue weighted by Gasteiger charge is 2.24. The first-order valence-corrected chi connectivity index (χ1v) is 3.72. The molecular weight excluding hydrogens is 158 g/mol. The minimum atomic E-state index is -0.399. The molecule has 0 bridgehead atoms. The van der Waals surface area contributed by atoms with Gasteiger partial charge in [-0.05, 0) is 5.16 Å². The molecule has 0 spiro atoms. The van der Waals surface area contributed by atoms with Gasteiger partial charge in [0.15, 0.2) is 0 Å². The Morgan fingerprint density at radius 1 is 1.67 bits per heavy atom. The second-order valence-corrected chi connectivity index (χ2v) is 3.28. The number of methoxy groups -OCH3 is 1. The summed E-state index contributed by atoms with van der Waals surface area (Å²) in [6.07, 6.45) is 0. The van der Waals surface area contributed by atoms with Crippen molar-refractivity contribution in [3.63, 3.8) is 0 Å². The van der Waals surface area contributed by atoms with E-state index in [9.17, 15) is 0 Å². The van der Waals surface area contributed by atoms with Gasteiger partial charge in [-0.3, -0.25) is 0 Å². The highest BCUT2D eigenvalue weighted by molar-refractivity contribution is 5.17. The van der Waals surface area contributed by atoms with Gasteiger partial charge >= 0.3 is 0 Å². The van der Waals surface area contributed by atoms with Gasteiger partial charge in [0.2, 0.25) is 0 Å². The van der Waals surface area contributed by atoms with Crippen molar-refractivity contribution >= 4 is 0 Å². The topological polar surface area (TPSA) is 55.5 Å². The fourth-order valence-electron chi connectivity index (χ4n) is 0.752. The predicted octanol–water partition coefficient (Wildman–Crippen LogP) is 0.953. The van der Waals surface area contributed by atoms with Crippen LogP contribution in [0.5, 0.6) is 5.88 Å². The molecular formula is C8H13NO3. The molecule has 0 aliphatic heterocycles. The van der Waals surface area contributed by atoms with Gasteiger partial charge < -0.3 is 14.4 Å². The van der Waals surface area contributed by atoms with Gasteiger partial charge in [0.05, 0.1) is 13.7 Å². The Hall–Kier alpha value is -1.03. The molecule has 0 amide bonds. The van der Waals surface area contributed by atoms with E-state index in [1.807, 2.05) is 13.8 Å². The molecule has 1 aromatic heterocycles. The smallest absolute Gasteiger partial charge is 0.254 e. The van der Waals surface area contributed by atoms with Crippen LogP contribution in [0.3, 0.4) is 0 Å². The number of rotatable bonds is 3. The quantitative estimate of drug-likeness (QED) is 0.735. The van der Waals surface area contributed by atoms with E-state index in [0.29, 0.717) is 11.6 Å². The molecule has 4 nitrogen and oxygen atoms in total. The fourth-order valence-corrected chi connectivity index (χ4v) is 0.752. The number of nitrogens with zero attached hydrogens (tertiary/aromatic N) is 1. The molecule has 0 aliphatic carbocycles. The standard InChI is InChI=1S/C8H13NO3/c1-8(2,5-10)6-4-7(11-3)9-12-6/h4,10H,5H2,1-3H3. The Morgan fingerprint density at radius 3 is 2.75 bits per heavy atom. The lowest BCUT2D eigenvalue weighted by molar-refractivity contribution is 0.185. The zero-order valence-corrected chi connectivity index (χ0v) is 7.50. The normalized spacial score (nSPS) is 11.7. The second kappa shape index (κ2) is 3.15. The monoisotopic (exact) mass is 171 g/mol. The van der Waals surface area contributed by atoms with Crippen LogP contribution in [0.15, 0.2) is 10.6 Å². The van der Waals surface area contributed by atoms with E-state index in [-0.39, 0.29) is 6.61 Å². The van der Waals surface area contributed by atoms with Crippen molar-refractivity contribution in [3.8, 4) is 5.88 Å². The summed E-state index contributed by atoms with van der Waals surface area (Å²) in [6, 6.07) is 1.68. The van der Waals surface area contributed by atoms with Crippen molar-refractivity contribution in [3.05, 3.63) is 11.8 Å². The van der Waals surface area contributed by atoms with Crippen LogP contribution >= 0.6 is 0 Å². The van der Waals surface area contributed by atoms with Crippen LogP contribution in [0.25, 0.3) is 0 Å². The van der Waals surface area contributed by atoms with E-state index >= 15 is 0 Å². The summed E-state index contributed by atoms with van der Waals surface area (Å²) in [7, 11) is 1.52. The maximum absolute atomic E-state index is 9.00. The first-order valence-electron chi connectivity index (χ1n) is 3.72. The molecule has 12 heavy (non-hydrogen) atoms. The summed E-state index contributed by atoms with van der Waals surface area (Å²) in [5.74, 6) is 1.06. The van der Waals surface area contributed by atoms with E-state index in [4.69, 9.17) is 14.4 Å². The summed E-state index contributed by atoms with van der Waals surface area (Å²) in [4.78, 5) is 0. The summed E-state index contributed by atoms with van der Waals surface area (Å²) >= 11 is 0. The average molecular weight is 171 g/mol. The molecule has 0 atom stereocenters. The first kappa shape index (κ1) is 9.06. The molecule has 1 N–H and O–H groups in total. The van der Waals surface area contributed by atoms with Crippen molar-refractivity contribution in [2.45, 2.75) is 19.3 Å². The van der Waals surface area contributed by atoms with Crippen molar-refractivity contribution in [2.75, 3.05) is 13.7 Å². The van der Waals surface area contributed by atoms with Crippen molar-refractivity contribution in [2.24, 2.45) is 0 Å². The number of aromatic nitrogens is 1. The molecule has 4 heteroatoms. The van der Waals surface area contributed by atoms with Crippen molar-refractivity contribution in [1.82, 2.24) is 5.16 Å². The van der Waals surface area contributed by atoms with Crippen LogP contribution in [0.1, 0.15) is 19.6 Å². The highest BCUT2D eigenvalue weighted by atomic mass is 16.5. The lowest BCUT2D eigenvalue weighted by Crippen LogP contribution is -2.21. The van der Waals surface area contributed by atoms with E-state index in [2.05, 4.69) is 5.16 Å². The van der Waals surface area contributed by atoms with E-state index in [1.54, 1.807) is 6.07 Å². The van der Waals surface area contributed by atoms with Crippen LogP contribution in [0, 0.1) is 0 Å². The van der Waals surface area contributed by atoms with E-state index < -0.39 is 5.41 Å². The fraction of sp³-hybridized carbons (Fsp3) is 0.625. The Bertz CT molecular complexity index is 255. The van der Waals surface area contributed by atoms with Gasteiger partial charge in [0.1, 0.15) is 5.76 Å². The van der Waals surface area contributed by atoms with Crippen molar-refractivity contribution < 1.29 is 14.4 Å². The van der Waals surface area contributed by atoms with E-state index in [0.717, 1.165) is 0 Å². The summed E-state index contributed by atoms with van der Waals surface area (Å²) in [6.45, 7) is 3.76. The molecule has 0 aromatic carbocycles. The predicted molar refractivity (Wildman–Crippen MR) is 43.2 cm³/mol. The lowest BCUT2D eigenvalue weighted by atomic mass is 9.92.